The monoisotopic (exact) mass is 211 g/mol. The Kier molecular flexibility index (Phi) is 5.31. The minimum absolute atomic E-state index is 0.0730. The van der Waals surface area contributed by atoms with Gasteiger partial charge in [0, 0.05) is 5.54 Å². The highest BCUT2D eigenvalue weighted by molar-refractivity contribution is 5.82. The summed E-state index contributed by atoms with van der Waals surface area (Å²) in [6, 6.07) is 1.51. The van der Waals surface area contributed by atoms with Crippen LogP contribution in [-0.4, -0.2) is 23.5 Å². The molecule has 1 amide bonds. The molecule has 2 atom stereocenters. The molecule has 0 rings (SSSR count). The number of nitrogens with one attached hydrogen (secondary N) is 2. The number of hydrogen-bond donors (Lipinski definition) is 2. The molecule has 86 valence electrons. The molecule has 2 N–H and O–H groups in total. The summed E-state index contributed by atoms with van der Waals surface area (Å²) >= 11 is 0. The Morgan fingerprint density at radius 2 is 2.00 bits per heavy atom. The van der Waals surface area contributed by atoms with Crippen LogP contribution in [0.3, 0.4) is 0 Å². The van der Waals surface area contributed by atoms with E-state index in [2.05, 4.69) is 16.7 Å². The van der Waals surface area contributed by atoms with Crippen LogP contribution in [0, 0.1) is 11.3 Å². The maximum Gasteiger partial charge on any atom is 0.237 e. The normalized spacial score (nSPS) is 15.2. The Morgan fingerprint density at radius 3 is 2.33 bits per heavy atom. The maximum atomic E-state index is 11.6. The lowest BCUT2D eigenvalue weighted by Crippen LogP contribution is -2.51. The number of nitrogens with zero attached hydrogens (tertiary/aromatic N) is 1. The highest BCUT2D eigenvalue weighted by atomic mass is 16.2. The molecular weight excluding hydrogens is 190 g/mol. The van der Waals surface area contributed by atoms with Gasteiger partial charge in [-0.1, -0.05) is 6.92 Å². The van der Waals surface area contributed by atoms with Crippen molar-refractivity contribution in [3.05, 3.63) is 0 Å². The first-order valence-electron chi connectivity index (χ1n) is 5.28. The van der Waals surface area contributed by atoms with E-state index in [4.69, 9.17) is 5.26 Å². The van der Waals surface area contributed by atoms with E-state index in [9.17, 15) is 4.79 Å². The summed E-state index contributed by atoms with van der Waals surface area (Å²) in [5, 5.41) is 14.6. The smallest absolute Gasteiger partial charge is 0.237 e. The largest absolute Gasteiger partial charge is 0.350 e. The van der Waals surface area contributed by atoms with Gasteiger partial charge >= 0.3 is 0 Å². The van der Waals surface area contributed by atoms with Crippen molar-refractivity contribution in [3.8, 4) is 6.07 Å². The lowest BCUT2D eigenvalue weighted by Gasteiger charge is -2.24. The third-order valence-corrected chi connectivity index (χ3v) is 1.91. The van der Waals surface area contributed by atoms with E-state index in [0.717, 1.165) is 0 Å². The van der Waals surface area contributed by atoms with Crippen LogP contribution >= 0.6 is 0 Å². The quantitative estimate of drug-likeness (QED) is 0.734. The molecule has 0 radical (unpaired) electrons. The molecule has 0 saturated carbocycles. The third-order valence-electron chi connectivity index (χ3n) is 1.91. The average Bonchev–Trinajstić information content (AvgIpc) is 2.10. The molecule has 2 unspecified atom stereocenters. The van der Waals surface area contributed by atoms with Gasteiger partial charge in [-0.2, -0.15) is 5.26 Å². The van der Waals surface area contributed by atoms with Gasteiger partial charge in [-0.25, -0.2) is 0 Å². The van der Waals surface area contributed by atoms with E-state index in [1.54, 1.807) is 6.92 Å². The zero-order chi connectivity index (χ0) is 12.1. The molecule has 4 heteroatoms. The molecule has 0 aromatic rings. The molecule has 0 spiro atoms. The van der Waals surface area contributed by atoms with Gasteiger partial charge in [0.1, 0.15) is 0 Å². The molecule has 15 heavy (non-hydrogen) atoms. The van der Waals surface area contributed by atoms with Crippen molar-refractivity contribution in [1.82, 2.24) is 10.6 Å². The molecule has 0 aromatic carbocycles. The van der Waals surface area contributed by atoms with Gasteiger partial charge in [0.25, 0.3) is 0 Å². The second kappa shape index (κ2) is 5.72. The van der Waals surface area contributed by atoms with Crippen molar-refractivity contribution < 1.29 is 4.79 Å². The van der Waals surface area contributed by atoms with Gasteiger partial charge < -0.3 is 5.32 Å². The highest BCUT2D eigenvalue weighted by Crippen LogP contribution is 2.00. The predicted octanol–water partition coefficient (Wildman–Crippen LogP) is 1.18. The van der Waals surface area contributed by atoms with Gasteiger partial charge in [0.05, 0.1) is 18.2 Å². The minimum atomic E-state index is -0.339. The third kappa shape index (κ3) is 6.08. The molecular formula is C11H21N3O. The van der Waals surface area contributed by atoms with Gasteiger partial charge in [-0.05, 0) is 34.1 Å². The van der Waals surface area contributed by atoms with Crippen molar-refractivity contribution >= 4 is 5.91 Å². The molecule has 0 heterocycles. The van der Waals surface area contributed by atoms with E-state index < -0.39 is 0 Å². The van der Waals surface area contributed by atoms with Gasteiger partial charge in [-0.15, -0.1) is 0 Å². The SMILES string of the molecule is CCC(C#N)NC(C)C(=O)NC(C)(C)C. The van der Waals surface area contributed by atoms with Gasteiger partial charge in [0.2, 0.25) is 5.91 Å². The van der Waals surface area contributed by atoms with Crippen molar-refractivity contribution in [2.45, 2.75) is 58.7 Å². The van der Waals surface area contributed by atoms with Gasteiger partial charge in [-0.3, -0.25) is 10.1 Å². The van der Waals surface area contributed by atoms with Crippen LogP contribution in [0.4, 0.5) is 0 Å². The van der Waals surface area contributed by atoms with Crippen LogP contribution in [-0.2, 0) is 4.79 Å². The summed E-state index contributed by atoms with van der Waals surface area (Å²) in [5.41, 5.74) is -0.235. The summed E-state index contributed by atoms with van der Waals surface area (Å²) in [6.45, 7) is 9.47. The first-order chi connectivity index (χ1) is 6.80. The number of rotatable bonds is 4. The van der Waals surface area contributed by atoms with Crippen molar-refractivity contribution in [3.63, 3.8) is 0 Å². The van der Waals surface area contributed by atoms with E-state index in [1.165, 1.54) is 0 Å². The lowest BCUT2D eigenvalue weighted by molar-refractivity contribution is -0.124. The Labute approximate surface area is 92.0 Å². The Bertz CT molecular complexity index is 250. The van der Waals surface area contributed by atoms with Crippen molar-refractivity contribution in [2.24, 2.45) is 0 Å². The molecule has 0 aliphatic heterocycles. The second-order valence-electron chi connectivity index (χ2n) is 4.72. The van der Waals surface area contributed by atoms with Crippen LogP contribution in [0.15, 0.2) is 0 Å². The summed E-state index contributed by atoms with van der Waals surface area (Å²) < 4.78 is 0. The molecule has 0 aromatic heterocycles. The van der Waals surface area contributed by atoms with E-state index in [-0.39, 0.29) is 23.5 Å². The second-order valence-corrected chi connectivity index (χ2v) is 4.72. The zero-order valence-corrected chi connectivity index (χ0v) is 10.2. The van der Waals surface area contributed by atoms with Crippen molar-refractivity contribution in [2.75, 3.05) is 0 Å². The first kappa shape index (κ1) is 13.9. The Balaban J connectivity index is 4.17. The lowest BCUT2D eigenvalue weighted by atomic mass is 10.1. The van der Waals surface area contributed by atoms with Crippen LogP contribution in [0.2, 0.25) is 0 Å². The molecule has 0 aliphatic carbocycles. The van der Waals surface area contributed by atoms with Crippen LogP contribution in [0.25, 0.3) is 0 Å². The Hall–Kier alpha value is -1.08. The standard InChI is InChI=1S/C11H21N3O/c1-6-9(7-12)13-8(2)10(15)14-11(3,4)5/h8-9,13H,6H2,1-5H3,(H,14,15). The van der Waals surface area contributed by atoms with Gasteiger partial charge in [0.15, 0.2) is 0 Å². The average molecular weight is 211 g/mol. The summed E-state index contributed by atoms with van der Waals surface area (Å²) in [7, 11) is 0. The fourth-order valence-electron chi connectivity index (χ4n) is 1.10. The fraction of sp³-hybridized carbons (Fsp3) is 0.818. The molecule has 0 bridgehead atoms. The number of carbonyl (C=O) groups is 1. The fourth-order valence-corrected chi connectivity index (χ4v) is 1.10. The van der Waals surface area contributed by atoms with E-state index in [1.807, 2.05) is 27.7 Å². The Morgan fingerprint density at radius 1 is 1.47 bits per heavy atom. The summed E-state index contributed by atoms with van der Waals surface area (Å²) in [6.07, 6.45) is 0.698. The topological polar surface area (TPSA) is 64.9 Å². The zero-order valence-electron chi connectivity index (χ0n) is 10.2. The minimum Gasteiger partial charge on any atom is -0.350 e. The first-order valence-corrected chi connectivity index (χ1v) is 5.28. The van der Waals surface area contributed by atoms with E-state index in [0.29, 0.717) is 6.42 Å². The van der Waals surface area contributed by atoms with E-state index >= 15 is 0 Å². The molecule has 0 saturated heterocycles. The number of hydrogen-bond acceptors (Lipinski definition) is 3. The molecule has 0 fully saturated rings. The molecule has 4 nitrogen and oxygen atoms in total. The summed E-state index contributed by atoms with van der Waals surface area (Å²) in [5.74, 6) is -0.0730. The molecule has 0 aliphatic rings. The van der Waals surface area contributed by atoms with Crippen molar-refractivity contribution in [1.29, 1.82) is 5.26 Å². The number of carbonyl (C=O) groups excluding carboxylic acids is 1. The van der Waals surface area contributed by atoms with Crippen LogP contribution < -0.4 is 10.6 Å². The van der Waals surface area contributed by atoms with Crippen LogP contribution in [0.1, 0.15) is 41.0 Å². The maximum absolute atomic E-state index is 11.6. The number of nitriles is 1. The summed E-state index contributed by atoms with van der Waals surface area (Å²) in [4.78, 5) is 11.6. The predicted molar refractivity (Wildman–Crippen MR) is 60.2 cm³/mol. The highest BCUT2D eigenvalue weighted by Gasteiger charge is 2.20. The number of amides is 1. The van der Waals surface area contributed by atoms with Crippen LogP contribution in [0.5, 0.6) is 0 Å².